The summed E-state index contributed by atoms with van der Waals surface area (Å²) in [5.74, 6) is 2.75. The van der Waals surface area contributed by atoms with Gasteiger partial charge in [0.15, 0.2) is 28.5 Å². The van der Waals surface area contributed by atoms with E-state index in [-0.39, 0.29) is 0 Å². The van der Waals surface area contributed by atoms with Crippen molar-refractivity contribution in [1.82, 2.24) is 19.5 Å². The van der Waals surface area contributed by atoms with Crippen molar-refractivity contribution in [2.75, 3.05) is 24.9 Å². The SMILES string of the molecule is CCCn1cnc2c(NCc3ccc(OC)c(OC)c3)nc(NC3CCC(N)CC3)nc21. The summed E-state index contributed by atoms with van der Waals surface area (Å²) in [5, 5.41) is 6.98. The van der Waals surface area contributed by atoms with Gasteiger partial charge in [-0.25, -0.2) is 4.98 Å². The predicted molar refractivity (Wildman–Crippen MR) is 126 cm³/mol. The highest BCUT2D eigenvalue weighted by Crippen LogP contribution is 2.29. The van der Waals surface area contributed by atoms with Crippen LogP contribution in [0, 0.1) is 0 Å². The fourth-order valence-electron chi connectivity index (χ4n) is 4.16. The van der Waals surface area contributed by atoms with Gasteiger partial charge in [-0.3, -0.25) is 0 Å². The molecule has 0 radical (unpaired) electrons. The van der Waals surface area contributed by atoms with Gasteiger partial charge >= 0.3 is 0 Å². The Kier molecular flexibility index (Phi) is 6.94. The van der Waals surface area contributed by atoms with Crippen LogP contribution in [0.5, 0.6) is 11.5 Å². The third-order valence-corrected chi connectivity index (χ3v) is 5.94. The van der Waals surface area contributed by atoms with Crippen LogP contribution in [-0.2, 0) is 13.1 Å². The van der Waals surface area contributed by atoms with Crippen LogP contribution >= 0.6 is 0 Å². The quantitative estimate of drug-likeness (QED) is 0.464. The molecule has 0 atom stereocenters. The first kappa shape index (κ1) is 22.1. The summed E-state index contributed by atoms with van der Waals surface area (Å²) in [7, 11) is 3.27. The van der Waals surface area contributed by atoms with E-state index in [9.17, 15) is 0 Å². The lowest BCUT2D eigenvalue weighted by molar-refractivity contribution is 0.354. The van der Waals surface area contributed by atoms with Crippen molar-refractivity contribution in [1.29, 1.82) is 0 Å². The molecule has 0 amide bonds. The third-order valence-electron chi connectivity index (χ3n) is 5.94. The minimum Gasteiger partial charge on any atom is -0.493 e. The van der Waals surface area contributed by atoms with E-state index in [0.29, 0.717) is 36.1 Å². The number of methoxy groups -OCH3 is 2. The molecule has 9 nitrogen and oxygen atoms in total. The second-order valence-corrected chi connectivity index (χ2v) is 8.30. The molecule has 0 unspecified atom stereocenters. The van der Waals surface area contributed by atoms with Gasteiger partial charge in [0.25, 0.3) is 0 Å². The lowest BCUT2D eigenvalue weighted by atomic mass is 9.92. The zero-order chi connectivity index (χ0) is 22.5. The summed E-state index contributed by atoms with van der Waals surface area (Å²) in [6.07, 6.45) is 6.97. The number of nitrogens with two attached hydrogens (primary N) is 1. The van der Waals surface area contributed by atoms with Crippen LogP contribution in [0.2, 0.25) is 0 Å². The van der Waals surface area contributed by atoms with Crippen molar-refractivity contribution in [3.8, 4) is 11.5 Å². The number of benzene rings is 1. The molecule has 4 N–H and O–H groups in total. The second kappa shape index (κ2) is 10.0. The predicted octanol–water partition coefficient (Wildman–Crippen LogP) is 3.55. The summed E-state index contributed by atoms with van der Waals surface area (Å²) in [5.41, 5.74) is 8.73. The van der Waals surface area contributed by atoms with Crippen molar-refractivity contribution in [2.24, 2.45) is 5.73 Å². The topological polar surface area (TPSA) is 112 Å². The Morgan fingerprint density at radius 2 is 1.88 bits per heavy atom. The number of aromatic nitrogens is 4. The Morgan fingerprint density at radius 1 is 1.09 bits per heavy atom. The van der Waals surface area contributed by atoms with E-state index in [1.807, 2.05) is 24.5 Å². The molecular formula is C23H33N7O2. The number of fused-ring (bicyclic) bond motifs is 1. The van der Waals surface area contributed by atoms with Crippen LogP contribution in [0.1, 0.15) is 44.6 Å². The maximum atomic E-state index is 6.06. The van der Waals surface area contributed by atoms with Crippen molar-refractivity contribution in [2.45, 2.75) is 64.2 Å². The molecule has 32 heavy (non-hydrogen) atoms. The summed E-state index contributed by atoms with van der Waals surface area (Å²) < 4.78 is 12.8. The number of imidazole rings is 1. The number of anilines is 2. The molecule has 9 heteroatoms. The van der Waals surface area contributed by atoms with Gasteiger partial charge in [-0.2, -0.15) is 9.97 Å². The van der Waals surface area contributed by atoms with E-state index in [0.717, 1.165) is 61.2 Å². The van der Waals surface area contributed by atoms with Gasteiger partial charge in [-0.05, 0) is 49.8 Å². The molecule has 3 aromatic rings. The molecule has 4 rings (SSSR count). The van der Waals surface area contributed by atoms with Crippen molar-refractivity contribution < 1.29 is 9.47 Å². The Balaban J connectivity index is 1.59. The second-order valence-electron chi connectivity index (χ2n) is 8.30. The van der Waals surface area contributed by atoms with Gasteiger partial charge in [-0.15, -0.1) is 0 Å². The van der Waals surface area contributed by atoms with Crippen molar-refractivity contribution in [3.63, 3.8) is 0 Å². The molecule has 2 aromatic heterocycles. The molecule has 2 heterocycles. The monoisotopic (exact) mass is 439 g/mol. The zero-order valence-electron chi connectivity index (χ0n) is 19.1. The largest absolute Gasteiger partial charge is 0.493 e. The summed E-state index contributed by atoms with van der Waals surface area (Å²) >= 11 is 0. The van der Waals surface area contributed by atoms with E-state index < -0.39 is 0 Å². The van der Waals surface area contributed by atoms with E-state index in [1.54, 1.807) is 14.2 Å². The average molecular weight is 440 g/mol. The van der Waals surface area contributed by atoms with Crippen LogP contribution in [0.3, 0.4) is 0 Å². The first-order valence-electron chi connectivity index (χ1n) is 11.3. The Bertz CT molecular complexity index is 1040. The minimum absolute atomic E-state index is 0.307. The fourth-order valence-corrected chi connectivity index (χ4v) is 4.16. The highest BCUT2D eigenvalue weighted by Gasteiger charge is 2.21. The first-order chi connectivity index (χ1) is 15.6. The maximum absolute atomic E-state index is 6.06. The lowest BCUT2D eigenvalue weighted by Gasteiger charge is -2.26. The van der Waals surface area contributed by atoms with Crippen molar-refractivity contribution >= 4 is 22.9 Å². The highest BCUT2D eigenvalue weighted by atomic mass is 16.5. The van der Waals surface area contributed by atoms with Crippen LogP contribution in [-0.4, -0.2) is 45.8 Å². The molecule has 0 aliphatic heterocycles. The third kappa shape index (κ3) is 4.88. The minimum atomic E-state index is 0.307. The number of nitrogens with zero attached hydrogens (tertiary/aromatic N) is 4. The summed E-state index contributed by atoms with van der Waals surface area (Å²) in [6, 6.07) is 6.52. The standard InChI is InChI=1S/C23H33N7O2/c1-4-11-30-14-26-20-21(25-13-15-5-10-18(31-2)19(12-15)32-3)28-23(29-22(20)30)27-17-8-6-16(24)7-9-17/h5,10,12,14,16-17H,4,6-9,11,13,24H2,1-3H3,(H2,25,27,28,29). The average Bonchev–Trinajstić information content (AvgIpc) is 3.22. The highest BCUT2D eigenvalue weighted by molar-refractivity contribution is 5.84. The Labute approximate surface area is 188 Å². The molecule has 1 fully saturated rings. The molecule has 1 saturated carbocycles. The molecule has 172 valence electrons. The summed E-state index contributed by atoms with van der Waals surface area (Å²) in [6.45, 7) is 3.58. The van der Waals surface area contributed by atoms with Gasteiger partial charge in [0, 0.05) is 25.2 Å². The Hall–Kier alpha value is -3.07. The number of hydrogen-bond donors (Lipinski definition) is 3. The van der Waals surface area contributed by atoms with E-state index in [2.05, 4.69) is 27.1 Å². The molecule has 0 bridgehead atoms. The van der Waals surface area contributed by atoms with Gasteiger partial charge in [-0.1, -0.05) is 13.0 Å². The molecule has 1 aliphatic carbocycles. The number of hydrogen-bond acceptors (Lipinski definition) is 8. The van der Waals surface area contributed by atoms with E-state index >= 15 is 0 Å². The van der Waals surface area contributed by atoms with E-state index in [4.69, 9.17) is 25.2 Å². The van der Waals surface area contributed by atoms with Gasteiger partial charge in [0.05, 0.1) is 20.5 Å². The molecule has 1 aromatic carbocycles. The fraction of sp³-hybridized carbons (Fsp3) is 0.522. The number of nitrogens with one attached hydrogen (secondary N) is 2. The number of rotatable bonds is 9. The molecule has 0 saturated heterocycles. The number of ether oxygens (including phenoxy) is 2. The number of aryl methyl sites for hydroxylation is 1. The maximum Gasteiger partial charge on any atom is 0.227 e. The van der Waals surface area contributed by atoms with Crippen LogP contribution < -0.4 is 25.8 Å². The van der Waals surface area contributed by atoms with Gasteiger partial charge in [0.1, 0.15) is 0 Å². The molecule has 0 spiro atoms. The molecule has 1 aliphatic rings. The first-order valence-corrected chi connectivity index (χ1v) is 11.3. The van der Waals surface area contributed by atoms with Gasteiger partial charge in [0.2, 0.25) is 5.95 Å². The summed E-state index contributed by atoms with van der Waals surface area (Å²) in [4.78, 5) is 14.2. The Morgan fingerprint density at radius 3 is 2.59 bits per heavy atom. The van der Waals surface area contributed by atoms with Crippen LogP contribution in [0.4, 0.5) is 11.8 Å². The lowest BCUT2D eigenvalue weighted by Crippen LogP contribution is -2.33. The van der Waals surface area contributed by atoms with Crippen molar-refractivity contribution in [3.05, 3.63) is 30.1 Å². The zero-order valence-corrected chi connectivity index (χ0v) is 19.1. The molecular weight excluding hydrogens is 406 g/mol. The van der Waals surface area contributed by atoms with E-state index in [1.165, 1.54) is 0 Å². The normalized spacial score (nSPS) is 18.5. The smallest absolute Gasteiger partial charge is 0.227 e. The van der Waals surface area contributed by atoms with Crippen LogP contribution in [0.25, 0.3) is 11.2 Å². The van der Waals surface area contributed by atoms with Crippen LogP contribution in [0.15, 0.2) is 24.5 Å². The van der Waals surface area contributed by atoms with Gasteiger partial charge < -0.3 is 30.4 Å².